The topological polar surface area (TPSA) is 32.7 Å². The highest BCUT2D eigenvalue weighted by molar-refractivity contribution is 4.83. The molecule has 100 valence electrons. The van der Waals surface area contributed by atoms with Gasteiger partial charge in [0, 0.05) is 32.6 Å². The van der Waals surface area contributed by atoms with E-state index in [9.17, 15) is 5.11 Å². The summed E-state index contributed by atoms with van der Waals surface area (Å²) in [5.41, 5.74) is -0.520. The molecule has 1 aliphatic rings. The minimum absolute atomic E-state index is 0.520. The molecule has 1 saturated heterocycles. The van der Waals surface area contributed by atoms with Crippen molar-refractivity contribution in [2.75, 3.05) is 33.4 Å². The molecule has 0 aromatic rings. The molecule has 0 saturated carbocycles. The van der Waals surface area contributed by atoms with E-state index in [4.69, 9.17) is 4.74 Å². The van der Waals surface area contributed by atoms with Crippen LogP contribution in [0.4, 0.5) is 0 Å². The van der Waals surface area contributed by atoms with E-state index in [1.54, 1.807) is 0 Å². The van der Waals surface area contributed by atoms with Crippen molar-refractivity contribution in [3.05, 3.63) is 12.7 Å². The van der Waals surface area contributed by atoms with Crippen LogP contribution in [-0.4, -0.2) is 49.0 Å². The van der Waals surface area contributed by atoms with E-state index in [0.29, 0.717) is 13.2 Å². The van der Waals surface area contributed by atoms with E-state index in [0.717, 1.165) is 32.4 Å². The van der Waals surface area contributed by atoms with E-state index in [2.05, 4.69) is 18.5 Å². The molecular weight excluding hydrogens is 214 g/mol. The van der Waals surface area contributed by atoms with Gasteiger partial charge in [0.15, 0.2) is 0 Å². The number of rotatable bonds is 8. The SMILES string of the molecule is C=CCCCCCN(C)CC1(O)CCOCC1. The first-order chi connectivity index (χ1) is 8.16. The maximum Gasteiger partial charge on any atom is 0.0817 e. The fourth-order valence-corrected chi connectivity index (χ4v) is 2.34. The first-order valence-corrected chi connectivity index (χ1v) is 6.76. The lowest BCUT2D eigenvalue weighted by molar-refractivity contribution is -0.0769. The Morgan fingerprint density at radius 3 is 2.65 bits per heavy atom. The summed E-state index contributed by atoms with van der Waals surface area (Å²) in [6.45, 7) is 6.97. The highest BCUT2D eigenvalue weighted by Gasteiger charge is 2.30. The number of likely N-dealkylation sites (N-methyl/N-ethyl adjacent to an activating group) is 1. The summed E-state index contributed by atoms with van der Waals surface area (Å²) in [5.74, 6) is 0. The molecule has 0 atom stereocenters. The van der Waals surface area contributed by atoms with Crippen LogP contribution in [0.3, 0.4) is 0 Å². The number of hydrogen-bond acceptors (Lipinski definition) is 3. The molecular formula is C14H27NO2. The second-order valence-electron chi connectivity index (χ2n) is 5.21. The molecule has 1 aliphatic heterocycles. The zero-order valence-corrected chi connectivity index (χ0v) is 11.2. The monoisotopic (exact) mass is 241 g/mol. The number of hydrogen-bond donors (Lipinski definition) is 1. The molecule has 0 aromatic carbocycles. The minimum Gasteiger partial charge on any atom is -0.388 e. The van der Waals surface area contributed by atoms with Crippen LogP contribution in [0.5, 0.6) is 0 Å². The first-order valence-electron chi connectivity index (χ1n) is 6.76. The van der Waals surface area contributed by atoms with Crippen molar-refractivity contribution in [3.8, 4) is 0 Å². The lowest BCUT2D eigenvalue weighted by atomic mass is 9.94. The van der Waals surface area contributed by atoms with Gasteiger partial charge in [-0.1, -0.05) is 12.5 Å². The molecule has 0 spiro atoms. The number of ether oxygens (including phenoxy) is 1. The second kappa shape index (κ2) is 7.85. The zero-order chi connectivity index (χ0) is 12.6. The summed E-state index contributed by atoms with van der Waals surface area (Å²) >= 11 is 0. The largest absolute Gasteiger partial charge is 0.388 e. The van der Waals surface area contributed by atoms with E-state index >= 15 is 0 Å². The summed E-state index contributed by atoms with van der Waals surface area (Å²) in [5, 5.41) is 10.3. The van der Waals surface area contributed by atoms with Crippen molar-refractivity contribution >= 4 is 0 Å². The third-order valence-corrected chi connectivity index (χ3v) is 3.44. The Kier molecular flexibility index (Phi) is 6.78. The van der Waals surface area contributed by atoms with Gasteiger partial charge in [0.2, 0.25) is 0 Å². The average molecular weight is 241 g/mol. The zero-order valence-electron chi connectivity index (χ0n) is 11.2. The summed E-state index contributed by atoms with van der Waals surface area (Å²) in [6.07, 6.45) is 8.32. The molecule has 1 N–H and O–H groups in total. The van der Waals surface area contributed by atoms with Gasteiger partial charge in [-0.2, -0.15) is 0 Å². The Morgan fingerprint density at radius 1 is 1.29 bits per heavy atom. The van der Waals surface area contributed by atoms with Crippen LogP contribution in [0.15, 0.2) is 12.7 Å². The van der Waals surface area contributed by atoms with Gasteiger partial charge in [-0.15, -0.1) is 6.58 Å². The molecule has 0 radical (unpaired) electrons. The van der Waals surface area contributed by atoms with Crippen LogP contribution in [0.2, 0.25) is 0 Å². The summed E-state index contributed by atoms with van der Waals surface area (Å²) in [7, 11) is 2.10. The first kappa shape index (κ1) is 14.7. The molecule has 1 rings (SSSR count). The fourth-order valence-electron chi connectivity index (χ4n) is 2.34. The smallest absolute Gasteiger partial charge is 0.0817 e. The fraction of sp³-hybridized carbons (Fsp3) is 0.857. The van der Waals surface area contributed by atoms with Crippen LogP contribution < -0.4 is 0 Å². The van der Waals surface area contributed by atoms with Gasteiger partial charge in [0.05, 0.1) is 5.60 Å². The van der Waals surface area contributed by atoms with E-state index in [-0.39, 0.29) is 0 Å². The summed E-state index contributed by atoms with van der Waals surface area (Å²) in [6, 6.07) is 0. The maximum absolute atomic E-state index is 10.3. The minimum atomic E-state index is -0.520. The molecule has 0 amide bonds. The number of unbranched alkanes of at least 4 members (excludes halogenated alkanes) is 3. The van der Waals surface area contributed by atoms with Gasteiger partial charge >= 0.3 is 0 Å². The normalized spacial score (nSPS) is 19.5. The van der Waals surface area contributed by atoms with Crippen molar-refractivity contribution in [1.29, 1.82) is 0 Å². The molecule has 1 fully saturated rings. The third-order valence-electron chi connectivity index (χ3n) is 3.44. The third kappa shape index (κ3) is 6.20. The van der Waals surface area contributed by atoms with Crippen molar-refractivity contribution in [3.63, 3.8) is 0 Å². The number of aliphatic hydroxyl groups is 1. The van der Waals surface area contributed by atoms with Gasteiger partial charge < -0.3 is 14.7 Å². The maximum atomic E-state index is 10.3. The molecule has 1 heterocycles. The quantitative estimate of drug-likeness (QED) is 0.522. The Bertz CT molecular complexity index is 212. The van der Waals surface area contributed by atoms with Gasteiger partial charge in [-0.05, 0) is 32.9 Å². The lowest BCUT2D eigenvalue weighted by Gasteiger charge is -2.35. The highest BCUT2D eigenvalue weighted by atomic mass is 16.5. The van der Waals surface area contributed by atoms with E-state index in [1.165, 1.54) is 19.3 Å². The van der Waals surface area contributed by atoms with Gasteiger partial charge in [-0.25, -0.2) is 0 Å². The van der Waals surface area contributed by atoms with Crippen molar-refractivity contribution < 1.29 is 9.84 Å². The Hall–Kier alpha value is -0.380. The van der Waals surface area contributed by atoms with E-state index < -0.39 is 5.60 Å². The van der Waals surface area contributed by atoms with Crippen LogP contribution in [0.25, 0.3) is 0 Å². The summed E-state index contributed by atoms with van der Waals surface area (Å²) in [4.78, 5) is 2.25. The molecule has 3 heteroatoms. The van der Waals surface area contributed by atoms with Crippen molar-refractivity contribution in [2.45, 2.75) is 44.1 Å². The van der Waals surface area contributed by atoms with E-state index in [1.807, 2.05) is 6.08 Å². The number of nitrogens with zero attached hydrogens (tertiary/aromatic N) is 1. The van der Waals surface area contributed by atoms with Gasteiger partial charge in [0.1, 0.15) is 0 Å². The highest BCUT2D eigenvalue weighted by Crippen LogP contribution is 2.21. The second-order valence-corrected chi connectivity index (χ2v) is 5.21. The van der Waals surface area contributed by atoms with Crippen LogP contribution in [0, 0.1) is 0 Å². The average Bonchev–Trinajstić information content (AvgIpc) is 2.29. The Balaban J connectivity index is 2.10. The van der Waals surface area contributed by atoms with Crippen LogP contribution >= 0.6 is 0 Å². The predicted molar refractivity (Wildman–Crippen MR) is 71.2 cm³/mol. The van der Waals surface area contributed by atoms with Crippen LogP contribution in [0.1, 0.15) is 38.5 Å². The molecule has 17 heavy (non-hydrogen) atoms. The standard InChI is InChI=1S/C14H27NO2/c1-3-4-5-6-7-10-15(2)13-14(16)8-11-17-12-9-14/h3,16H,1,4-13H2,2H3. The molecule has 3 nitrogen and oxygen atoms in total. The van der Waals surface area contributed by atoms with Crippen molar-refractivity contribution in [2.24, 2.45) is 0 Å². The van der Waals surface area contributed by atoms with Crippen molar-refractivity contribution in [1.82, 2.24) is 4.90 Å². The van der Waals surface area contributed by atoms with Gasteiger partial charge in [-0.3, -0.25) is 0 Å². The molecule has 0 bridgehead atoms. The van der Waals surface area contributed by atoms with Gasteiger partial charge in [0.25, 0.3) is 0 Å². The Morgan fingerprint density at radius 2 is 2.00 bits per heavy atom. The lowest BCUT2D eigenvalue weighted by Crippen LogP contribution is -2.45. The summed E-state index contributed by atoms with van der Waals surface area (Å²) < 4.78 is 5.28. The van der Waals surface area contributed by atoms with Crippen LogP contribution in [-0.2, 0) is 4.74 Å². The molecule has 0 unspecified atom stereocenters. The predicted octanol–water partition coefficient (Wildman–Crippen LogP) is 2.21. The molecule has 0 aromatic heterocycles. The number of allylic oxidation sites excluding steroid dienone is 1. The Labute approximate surface area is 105 Å². The molecule has 0 aliphatic carbocycles.